The summed E-state index contributed by atoms with van der Waals surface area (Å²) >= 11 is 6.09. The van der Waals surface area contributed by atoms with E-state index in [9.17, 15) is 9.59 Å². The van der Waals surface area contributed by atoms with Crippen LogP contribution in [0, 0.1) is 0 Å². The van der Waals surface area contributed by atoms with E-state index in [1.54, 1.807) is 43.3 Å². The van der Waals surface area contributed by atoms with Crippen LogP contribution in [0.4, 0.5) is 11.4 Å². The van der Waals surface area contributed by atoms with Crippen molar-refractivity contribution in [2.24, 2.45) is 11.5 Å². The van der Waals surface area contributed by atoms with Crippen LogP contribution in [0.15, 0.2) is 72.8 Å². The Morgan fingerprint density at radius 2 is 1.71 bits per heavy atom. The molecular weight excluding hydrogens is 412 g/mol. The molecule has 0 saturated heterocycles. The predicted molar refractivity (Wildman–Crippen MR) is 124 cm³/mol. The van der Waals surface area contributed by atoms with E-state index in [0.717, 1.165) is 16.8 Å². The molecule has 6 N–H and O–H groups in total. The van der Waals surface area contributed by atoms with Gasteiger partial charge < -0.3 is 22.1 Å². The van der Waals surface area contributed by atoms with Crippen molar-refractivity contribution in [3.05, 3.63) is 94.5 Å². The summed E-state index contributed by atoms with van der Waals surface area (Å²) in [6.45, 7) is 1.57. The first-order chi connectivity index (χ1) is 14.8. The number of rotatable bonds is 5. The minimum Gasteiger partial charge on any atom is -0.368 e. The Labute approximate surface area is 184 Å². The van der Waals surface area contributed by atoms with E-state index >= 15 is 0 Å². The van der Waals surface area contributed by atoms with Gasteiger partial charge in [0.25, 0.3) is 5.91 Å². The number of anilines is 2. The first-order valence-corrected chi connectivity index (χ1v) is 10.0. The van der Waals surface area contributed by atoms with Crippen LogP contribution in [0.1, 0.15) is 23.6 Å². The third-order valence-corrected chi connectivity index (χ3v) is 5.54. The standard InChI is InChI=1S/C24H21ClN4O2/c1-24(27,23(26)31)15-7-10-17(11-8-15)28-21(14-5-3-2-4-6-14)20-18-12-9-16(25)13-19(18)29-22(20)30/h2-13,28H,27H2,1H3,(H2,26,31)(H,29,30)/b21-20-. The summed E-state index contributed by atoms with van der Waals surface area (Å²) in [5.41, 5.74) is 14.9. The molecule has 1 aliphatic rings. The molecule has 0 radical (unpaired) electrons. The third kappa shape index (κ3) is 3.91. The quantitative estimate of drug-likeness (QED) is 0.458. The lowest BCUT2D eigenvalue weighted by Crippen LogP contribution is -2.46. The van der Waals surface area contributed by atoms with E-state index in [1.165, 1.54) is 0 Å². The fraction of sp³-hybridized carbons (Fsp3) is 0.0833. The Bertz CT molecular complexity index is 1200. The fourth-order valence-electron chi connectivity index (χ4n) is 3.46. The summed E-state index contributed by atoms with van der Waals surface area (Å²) in [6.07, 6.45) is 0. The van der Waals surface area contributed by atoms with Crippen LogP contribution in [0.3, 0.4) is 0 Å². The Hall–Kier alpha value is -3.61. The van der Waals surface area contributed by atoms with Gasteiger partial charge in [0.2, 0.25) is 5.91 Å². The highest BCUT2D eigenvalue weighted by molar-refractivity contribution is 6.38. The maximum atomic E-state index is 12.9. The second-order valence-corrected chi connectivity index (χ2v) is 7.97. The van der Waals surface area contributed by atoms with Crippen LogP contribution in [-0.4, -0.2) is 11.8 Å². The number of hydrogen-bond acceptors (Lipinski definition) is 4. The van der Waals surface area contributed by atoms with Gasteiger partial charge in [-0.25, -0.2) is 0 Å². The second-order valence-electron chi connectivity index (χ2n) is 7.53. The molecule has 3 aromatic carbocycles. The summed E-state index contributed by atoms with van der Waals surface area (Å²) in [7, 11) is 0. The average molecular weight is 433 g/mol. The van der Waals surface area contributed by atoms with E-state index in [4.69, 9.17) is 23.1 Å². The smallest absolute Gasteiger partial charge is 0.258 e. The maximum absolute atomic E-state index is 12.9. The summed E-state index contributed by atoms with van der Waals surface area (Å²) < 4.78 is 0. The van der Waals surface area contributed by atoms with E-state index in [1.807, 2.05) is 36.4 Å². The molecule has 0 aliphatic carbocycles. The molecular formula is C24H21ClN4O2. The highest BCUT2D eigenvalue weighted by Crippen LogP contribution is 2.38. The molecule has 0 aromatic heterocycles. The number of halogens is 1. The minimum atomic E-state index is -1.27. The zero-order valence-electron chi connectivity index (χ0n) is 16.8. The maximum Gasteiger partial charge on any atom is 0.258 e. The van der Waals surface area contributed by atoms with Gasteiger partial charge >= 0.3 is 0 Å². The van der Waals surface area contributed by atoms with Gasteiger partial charge in [-0.05, 0) is 42.3 Å². The molecule has 2 amide bonds. The van der Waals surface area contributed by atoms with Gasteiger partial charge in [0.15, 0.2) is 0 Å². The van der Waals surface area contributed by atoms with Crippen LogP contribution in [0.25, 0.3) is 11.3 Å². The van der Waals surface area contributed by atoms with Crippen molar-refractivity contribution >= 4 is 46.1 Å². The monoisotopic (exact) mass is 432 g/mol. The van der Waals surface area contributed by atoms with Crippen molar-refractivity contribution in [1.82, 2.24) is 0 Å². The van der Waals surface area contributed by atoms with Gasteiger partial charge in [-0.3, -0.25) is 9.59 Å². The number of amides is 2. The van der Waals surface area contributed by atoms with Crippen LogP contribution < -0.4 is 22.1 Å². The topological polar surface area (TPSA) is 110 Å². The number of nitrogens with two attached hydrogens (primary N) is 2. The summed E-state index contributed by atoms with van der Waals surface area (Å²) in [6, 6.07) is 21.9. The molecule has 1 unspecified atom stereocenters. The molecule has 0 spiro atoms. The number of carbonyl (C=O) groups excluding carboxylic acids is 2. The number of benzene rings is 3. The number of primary amides is 1. The van der Waals surface area contributed by atoms with E-state index in [-0.39, 0.29) is 5.91 Å². The molecule has 156 valence electrons. The summed E-state index contributed by atoms with van der Waals surface area (Å²) in [5, 5.41) is 6.78. The second kappa shape index (κ2) is 7.91. The zero-order valence-corrected chi connectivity index (χ0v) is 17.5. The highest BCUT2D eigenvalue weighted by atomic mass is 35.5. The third-order valence-electron chi connectivity index (χ3n) is 5.30. The van der Waals surface area contributed by atoms with Crippen molar-refractivity contribution in [3.8, 4) is 0 Å². The highest BCUT2D eigenvalue weighted by Gasteiger charge is 2.29. The van der Waals surface area contributed by atoms with Gasteiger partial charge in [0, 0.05) is 16.3 Å². The molecule has 0 fully saturated rings. The van der Waals surface area contributed by atoms with Crippen molar-refractivity contribution < 1.29 is 9.59 Å². The van der Waals surface area contributed by atoms with Crippen LogP contribution in [-0.2, 0) is 15.1 Å². The summed E-state index contributed by atoms with van der Waals surface area (Å²) in [4.78, 5) is 24.5. The normalized spacial score (nSPS) is 16.2. The Morgan fingerprint density at radius 3 is 2.35 bits per heavy atom. The van der Waals surface area contributed by atoms with Crippen LogP contribution in [0.5, 0.6) is 0 Å². The lowest BCUT2D eigenvalue weighted by Gasteiger charge is -2.21. The minimum absolute atomic E-state index is 0.219. The number of nitrogens with one attached hydrogen (secondary N) is 2. The molecule has 1 heterocycles. The van der Waals surface area contributed by atoms with E-state index in [2.05, 4.69) is 10.6 Å². The summed E-state index contributed by atoms with van der Waals surface area (Å²) in [5.74, 6) is -0.832. The molecule has 1 atom stereocenters. The van der Waals surface area contributed by atoms with Gasteiger partial charge in [-0.2, -0.15) is 0 Å². The lowest BCUT2D eigenvalue weighted by molar-refractivity contribution is -0.122. The predicted octanol–water partition coefficient (Wildman–Crippen LogP) is 3.93. The van der Waals surface area contributed by atoms with Crippen molar-refractivity contribution in [2.75, 3.05) is 10.6 Å². The molecule has 0 saturated carbocycles. The van der Waals surface area contributed by atoms with Crippen LogP contribution >= 0.6 is 11.6 Å². The lowest BCUT2D eigenvalue weighted by atomic mass is 9.92. The molecule has 7 heteroatoms. The van der Waals surface area contributed by atoms with Gasteiger partial charge in [-0.1, -0.05) is 60.1 Å². The number of fused-ring (bicyclic) bond motifs is 1. The van der Waals surface area contributed by atoms with Crippen LogP contribution in [0.2, 0.25) is 5.02 Å². The van der Waals surface area contributed by atoms with Gasteiger partial charge in [0.1, 0.15) is 5.54 Å². The molecule has 0 bridgehead atoms. The molecule has 4 rings (SSSR count). The van der Waals surface area contributed by atoms with E-state index in [0.29, 0.717) is 27.5 Å². The number of hydrogen-bond donors (Lipinski definition) is 4. The molecule has 6 nitrogen and oxygen atoms in total. The number of carbonyl (C=O) groups is 2. The first kappa shape index (κ1) is 20.7. The largest absolute Gasteiger partial charge is 0.368 e. The Balaban J connectivity index is 1.80. The van der Waals surface area contributed by atoms with Crippen molar-refractivity contribution in [1.29, 1.82) is 0 Å². The average Bonchev–Trinajstić information content (AvgIpc) is 3.07. The van der Waals surface area contributed by atoms with Gasteiger partial charge in [0.05, 0.1) is 17.0 Å². The molecule has 31 heavy (non-hydrogen) atoms. The fourth-order valence-corrected chi connectivity index (χ4v) is 3.64. The Morgan fingerprint density at radius 1 is 1.03 bits per heavy atom. The van der Waals surface area contributed by atoms with Crippen molar-refractivity contribution in [3.63, 3.8) is 0 Å². The van der Waals surface area contributed by atoms with Crippen molar-refractivity contribution in [2.45, 2.75) is 12.5 Å². The zero-order chi connectivity index (χ0) is 22.2. The first-order valence-electron chi connectivity index (χ1n) is 9.64. The molecule has 3 aromatic rings. The Kier molecular flexibility index (Phi) is 5.27. The van der Waals surface area contributed by atoms with Gasteiger partial charge in [-0.15, -0.1) is 0 Å². The SMILES string of the molecule is CC(N)(C(N)=O)c1ccc(N/C(=C2\C(=O)Nc3cc(Cl)ccc32)c2ccccc2)cc1. The van der Waals surface area contributed by atoms with E-state index < -0.39 is 11.4 Å². The molecule has 1 aliphatic heterocycles.